The normalized spacial score (nSPS) is 11.6. The second kappa shape index (κ2) is 8.62. The quantitative estimate of drug-likeness (QED) is 0.273. The van der Waals surface area contributed by atoms with E-state index in [1.807, 2.05) is 30.3 Å². The van der Waals surface area contributed by atoms with E-state index >= 15 is 0 Å². The first-order chi connectivity index (χ1) is 14.9. The van der Waals surface area contributed by atoms with Crippen molar-refractivity contribution in [1.29, 1.82) is 5.26 Å². The van der Waals surface area contributed by atoms with Crippen LogP contribution in [-0.2, 0) is 4.74 Å². The van der Waals surface area contributed by atoms with E-state index < -0.39 is 5.97 Å². The summed E-state index contributed by atoms with van der Waals surface area (Å²) in [6.45, 7) is 3.60. The smallest absolute Gasteiger partial charge is 0.339 e. The van der Waals surface area contributed by atoms with Gasteiger partial charge in [0.25, 0.3) is 0 Å². The minimum atomic E-state index is -0.431. The molecule has 4 aromatic rings. The van der Waals surface area contributed by atoms with Crippen molar-refractivity contribution in [1.82, 2.24) is 9.97 Å². The summed E-state index contributed by atoms with van der Waals surface area (Å²) in [6, 6.07) is 18.6. The molecule has 2 aromatic carbocycles. The summed E-state index contributed by atoms with van der Waals surface area (Å²) in [5.41, 5.74) is 2.97. The molecule has 2 aromatic heterocycles. The number of fused-ring (bicyclic) bond motifs is 1. The van der Waals surface area contributed by atoms with E-state index in [2.05, 4.69) is 32.0 Å². The number of allylic oxidation sites excluding steroid dienone is 1. The Morgan fingerprint density at radius 3 is 2.77 bits per heavy atom. The van der Waals surface area contributed by atoms with E-state index in [0.29, 0.717) is 34.0 Å². The van der Waals surface area contributed by atoms with Crippen LogP contribution in [0, 0.1) is 11.3 Å². The number of esters is 1. The number of nitrogens with zero attached hydrogens (tertiary/aromatic N) is 2. The molecule has 154 valence electrons. The van der Waals surface area contributed by atoms with Gasteiger partial charge in [0.05, 0.1) is 28.3 Å². The van der Waals surface area contributed by atoms with Gasteiger partial charge in [-0.1, -0.05) is 28.1 Å². The first kappa shape index (κ1) is 20.6. The van der Waals surface area contributed by atoms with Crippen LogP contribution in [-0.4, -0.2) is 22.0 Å². The zero-order valence-electron chi connectivity index (χ0n) is 16.8. The molecule has 0 bridgehead atoms. The lowest BCUT2D eigenvalue weighted by atomic mass is 10.1. The average molecular weight is 476 g/mol. The minimum absolute atomic E-state index is 0.239. The van der Waals surface area contributed by atoms with E-state index in [0.717, 1.165) is 15.5 Å². The van der Waals surface area contributed by atoms with Crippen molar-refractivity contribution in [2.45, 2.75) is 20.0 Å². The third-order valence-electron chi connectivity index (χ3n) is 4.49. The summed E-state index contributed by atoms with van der Waals surface area (Å²) in [7, 11) is 0. The number of carbonyl (C=O) groups is 1. The highest BCUT2D eigenvalue weighted by Gasteiger charge is 2.18. The van der Waals surface area contributed by atoms with Crippen LogP contribution in [0.1, 0.15) is 35.8 Å². The van der Waals surface area contributed by atoms with Crippen LogP contribution in [0.2, 0.25) is 0 Å². The maximum absolute atomic E-state index is 12.6. The van der Waals surface area contributed by atoms with Crippen LogP contribution < -0.4 is 0 Å². The zero-order chi connectivity index (χ0) is 22.0. The molecule has 0 unspecified atom stereocenters. The summed E-state index contributed by atoms with van der Waals surface area (Å²) in [5, 5.41) is 9.63. The molecule has 0 amide bonds. The Bertz CT molecular complexity index is 1310. The van der Waals surface area contributed by atoms with Gasteiger partial charge in [-0.3, -0.25) is 0 Å². The molecule has 0 saturated heterocycles. The Morgan fingerprint density at radius 2 is 2.03 bits per heavy atom. The summed E-state index contributed by atoms with van der Waals surface area (Å²) < 4.78 is 12.1. The lowest BCUT2D eigenvalue weighted by Gasteiger charge is -2.11. The van der Waals surface area contributed by atoms with Gasteiger partial charge in [-0.15, -0.1) is 0 Å². The van der Waals surface area contributed by atoms with Gasteiger partial charge in [0.15, 0.2) is 0 Å². The topological polar surface area (TPSA) is 91.9 Å². The van der Waals surface area contributed by atoms with E-state index in [4.69, 9.17) is 9.15 Å². The minimum Gasteiger partial charge on any atom is -0.459 e. The molecule has 1 N–H and O–H groups in total. The monoisotopic (exact) mass is 475 g/mol. The molecule has 0 atom stereocenters. The summed E-state index contributed by atoms with van der Waals surface area (Å²) >= 11 is 3.40. The SMILES string of the molecule is CC(C)OC(=O)c1cc(Br)ccc1-c1ccc(/C=C(/C#N)c2nc3ccccc3[nH]2)o1. The summed E-state index contributed by atoms with van der Waals surface area (Å²) in [5.74, 6) is 1.00. The number of furan rings is 1. The maximum atomic E-state index is 12.6. The molecule has 0 fully saturated rings. The number of imidazole rings is 1. The van der Waals surface area contributed by atoms with Gasteiger partial charge in [-0.2, -0.15) is 5.26 Å². The lowest BCUT2D eigenvalue weighted by molar-refractivity contribution is 0.0378. The highest BCUT2D eigenvalue weighted by molar-refractivity contribution is 9.10. The molecule has 0 aliphatic carbocycles. The summed E-state index contributed by atoms with van der Waals surface area (Å²) in [4.78, 5) is 20.2. The number of ether oxygens (including phenoxy) is 1. The van der Waals surface area contributed by atoms with Crippen molar-refractivity contribution in [2.75, 3.05) is 0 Å². The highest BCUT2D eigenvalue weighted by atomic mass is 79.9. The fraction of sp³-hybridized carbons (Fsp3) is 0.125. The van der Waals surface area contributed by atoms with E-state index in [-0.39, 0.29) is 6.10 Å². The third kappa shape index (κ3) is 4.44. The number of halogens is 1. The Morgan fingerprint density at radius 1 is 1.23 bits per heavy atom. The van der Waals surface area contributed by atoms with Crippen molar-refractivity contribution < 1.29 is 13.9 Å². The summed E-state index contributed by atoms with van der Waals surface area (Å²) in [6.07, 6.45) is 1.38. The van der Waals surface area contributed by atoms with E-state index in [1.165, 1.54) is 0 Å². The number of aromatic amines is 1. The molecular formula is C24H18BrN3O3. The number of hydrogen-bond acceptors (Lipinski definition) is 5. The van der Waals surface area contributed by atoms with Gasteiger partial charge < -0.3 is 14.1 Å². The molecular weight excluding hydrogens is 458 g/mol. The molecule has 6 nitrogen and oxygen atoms in total. The average Bonchev–Trinajstić information content (AvgIpc) is 3.38. The molecule has 31 heavy (non-hydrogen) atoms. The largest absolute Gasteiger partial charge is 0.459 e. The second-order valence-corrected chi connectivity index (χ2v) is 8.03. The Labute approximate surface area is 187 Å². The van der Waals surface area contributed by atoms with Gasteiger partial charge >= 0.3 is 5.97 Å². The first-order valence-corrected chi connectivity index (χ1v) is 10.4. The van der Waals surface area contributed by atoms with Crippen LogP contribution in [0.3, 0.4) is 0 Å². The van der Waals surface area contributed by atoms with E-state index in [9.17, 15) is 10.1 Å². The molecule has 0 spiro atoms. The Kier molecular flexibility index (Phi) is 5.74. The van der Waals surface area contributed by atoms with Crippen molar-refractivity contribution in [2.24, 2.45) is 0 Å². The van der Waals surface area contributed by atoms with Crippen LogP contribution in [0.4, 0.5) is 0 Å². The third-order valence-corrected chi connectivity index (χ3v) is 4.98. The number of nitrogens with one attached hydrogen (secondary N) is 1. The van der Waals surface area contributed by atoms with Crippen LogP contribution >= 0.6 is 15.9 Å². The number of aromatic nitrogens is 2. The predicted molar refractivity (Wildman–Crippen MR) is 122 cm³/mol. The van der Waals surface area contributed by atoms with Crippen LogP contribution in [0.5, 0.6) is 0 Å². The second-order valence-electron chi connectivity index (χ2n) is 7.12. The van der Waals surface area contributed by atoms with Gasteiger partial charge in [0.2, 0.25) is 0 Å². The van der Waals surface area contributed by atoms with Gasteiger partial charge in [0, 0.05) is 16.1 Å². The van der Waals surface area contributed by atoms with Gasteiger partial charge in [-0.25, -0.2) is 9.78 Å². The number of rotatable bonds is 5. The van der Waals surface area contributed by atoms with Crippen molar-refractivity contribution >= 4 is 44.6 Å². The van der Waals surface area contributed by atoms with Crippen molar-refractivity contribution in [3.8, 4) is 17.4 Å². The molecule has 4 rings (SSSR count). The van der Waals surface area contributed by atoms with Crippen molar-refractivity contribution in [3.63, 3.8) is 0 Å². The number of nitriles is 1. The number of carbonyl (C=O) groups excluding carboxylic acids is 1. The zero-order valence-corrected chi connectivity index (χ0v) is 18.4. The molecule has 0 aliphatic rings. The predicted octanol–water partition coefficient (Wildman–Crippen LogP) is 6.21. The number of para-hydroxylation sites is 2. The fourth-order valence-electron chi connectivity index (χ4n) is 3.13. The van der Waals surface area contributed by atoms with Crippen LogP contribution in [0.25, 0.3) is 34.0 Å². The highest BCUT2D eigenvalue weighted by Crippen LogP contribution is 2.30. The Hall–Kier alpha value is -3.63. The van der Waals surface area contributed by atoms with Crippen molar-refractivity contribution in [3.05, 3.63) is 76.2 Å². The van der Waals surface area contributed by atoms with Gasteiger partial charge in [-0.05, 0) is 56.3 Å². The van der Waals surface area contributed by atoms with E-state index in [1.54, 1.807) is 44.2 Å². The molecule has 7 heteroatoms. The maximum Gasteiger partial charge on any atom is 0.339 e. The number of hydrogen-bond donors (Lipinski definition) is 1. The molecule has 0 aliphatic heterocycles. The standard InChI is InChI=1S/C24H18BrN3O3/c1-14(2)30-24(29)19-12-16(25)7-9-18(19)22-10-8-17(31-22)11-15(13-26)23-27-20-5-3-4-6-21(20)28-23/h3-12,14H,1-2H3,(H,27,28)/b15-11-. The molecule has 0 radical (unpaired) electrons. The fourth-order valence-corrected chi connectivity index (χ4v) is 3.49. The lowest BCUT2D eigenvalue weighted by Crippen LogP contribution is -2.12. The first-order valence-electron chi connectivity index (χ1n) is 9.62. The van der Waals surface area contributed by atoms with Crippen LogP contribution in [0.15, 0.2) is 63.5 Å². The van der Waals surface area contributed by atoms with Gasteiger partial charge in [0.1, 0.15) is 23.4 Å². The number of H-pyrrole nitrogens is 1. The molecule has 2 heterocycles. The number of benzene rings is 2. The Balaban J connectivity index is 1.70. The molecule has 0 saturated carbocycles.